The fraction of sp³-hybridized carbons (Fsp3) is 0.837. The lowest BCUT2D eigenvalue weighted by molar-refractivity contribution is -0.212. The van der Waals surface area contributed by atoms with E-state index in [4.69, 9.17) is 14.2 Å². The molecule has 15 nitrogen and oxygen atoms in total. The van der Waals surface area contributed by atoms with Crippen molar-refractivity contribution in [2.45, 2.75) is 174 Å². The predicted molar refractivity (Wildman–Crippen MR) is 238 cm³/mol. The first-order chi connectivity index (χ1) is 29.7. The highest BCUT2D eigenvalue weighted by atomic mass is 16.6. The molecule has 64 heavy (non-hydrogen) atoms. The van der Waals surface area contributed by atoms with Crippen LogP contribution in [0.4, 0.5) is 0 Å². The van der Waals surface area contributed by atoms with Crippen LogP contribution in [0.3, 0.4) is 0 Å². The number of ketones is 1. The zero-order valence-electron chi connectivity index (χ0n) is 40.2. The summed E-state index contributed by atoms with van der Waals surface area (Å²) in [6.07, 6.45) is 1.97. The Morgan fingerprint density at radius 1 is 0.969 bits per heavy atom. The molecule has 18 atom stereocenters. The van der Waals surface area contributed by atoms with Gasteiger partial charge in [0.05, 0.1) is 43.4 Å². The van der Waals surface area contributed by atoms with E-state index < -0.39 is 93.9 Å². The van der Waals surface area contributed by atoms with Crippen molar-refractivity contribution >= 4 is 23.7 Å². The Morgan fingerprint density at radius 3 is 2.28 bits per heavy atom. The molecule has 0 bridgehead atoms. The molecule has 3 unspecified atom stereocenters. The summed E-state index contributed by atoms with van der Waals surface area (Å²) in [5.74, 6) is -4.29. The molecular formula is C49H80N2O13. The minimum Gasteiger partial charge on any atom is -0.466 e. The zero-order chi connectivity index (χ0) is 47.9. The largest absolute Gasteiger partial charge is 0.466 e. The Balaban J connectivity index is 1.24. The molecule has 0 aromatic carbocycles. The van der Waals surface area contributed by atoms with E-state index in [1.165, 1.54) is 27.9 Å². The number of esters is 3. The van der Waals surface area contributed by atoms with Crippen molar-refractivity contribution in [1.82, 2.24) is 10.2 Å². The normalized spacial score (nSPS) is 45.8. The maximum absolute atomic E-state index is 13.8. The molecule has 5 aliphatic rings. The molecule has 0 spiro atoms. The molecule has 4 fully saturated rings. The number of methoxy groups -OCH3 is 1. The number of rotatable bonds is 10. The number of hydrogen-bond acceptors (Lipinski definition) is 15. The minimum atomic E-state index is -1.87. The van der Waals surface area contributed by atoms with Crippen molar-refractivity contribution < 1.29 is 64.0 Å². The number of aliphatic hydroxyl groups is 6. The third-order valence-corrected chi connectivity index (χ3v) is 16.8. The lowest BCUT2D eigenvalue weighted by Gasteiger charge is -2.60. The summed E-state index contributed by atoms with van der Waals surface area (Å²) in [5, 5.41) is 72.5. The van der Waals surface area contributed by atoms with E-state index in [1.807, 2.05) is 24.8 Å². The van der Waals surface area contributed by atoms with E-state index in [9.17, 15) is 49.8 Å². The van der Waals surface area contributed by atoms with E-state index in [2.05, 4.69) is 19.2 Å². The summed E-state index contributed by atoms with van der Waals surface area (Å²) in [6.45, 7) is 19.1. The number of carbonyl (C=O) groups excluding carboxylic acids is 4. The first-order valence-corrected chi connectivity index (χ1v) is 23.8. The predicted octanol–water partition coefficient (Wildman–Crippen LogP) is 3.24. The number of nitrogens with one attached hydrogen (secondary N) is 1. The zero-order valence-corrected chi connectivity index (χ0v) is 40.2. The first-order valence-electron chi connectivity index (χ1n) is 23.8. The summed E-state index contributed by atoms with van der Waals surface area (Å²) in [4.78, 5) is 55.2. The number of nitrogens with zero attached hydrogens (tertiary/aromatic N) is 1. The van der Waals surface area contributed by atoms with Crippen LogP contribution in [0.2, 0.25) is 0 Å². The SMILES string of the molecule is CC[C@H]1OC(=O)[C@H](C)[C@@H](O)[C@H](C)[C@@H](O)[C@](C)(O)C[C@@H](C)CN(CCCNCCC(=O)O[C@]2(C(=O)OC)CCC3C4C[C@H](C)C5=CC(=O)C=C[C@]5(C)C4[C@@H](O)C[C@@]32C)[C@H](C)[C@@H](O)[C@]1(C)O. The second kappa shape index (κ2) is 19.8. The molecule has 15 heteroatoms. The van der Waals surface area contributed by atoms with Crippen molar-refractivity contribution in [2.24, 2.45) is 52.3 Å². The van der Waals surface area contributed by atoms with Crippen molar-refractivity contribution in [3.8, 4) is 0 Å². The van der Waals surface area contributed by atoms with Gasteiger partial charge in [-0.25, -0.2) is 4.79 Å². The number of allylic oxidation sites excluding steroid dienone is 4. The van der Waals surface area contributed by atoms with Gasteiger partial charge in [0.25, 0.3) is 0 Å². The number of carbonyl (C=O) groups is 4. The number of aliphatic hydroxyl groups excluding tert-OH is 4. The number of cyclic esters (lactones) is 1. The van der Waals surface area contributed by atoms with Crippen molar-refractivity contribution in [3.05, 3.63) is 23.8 Å². The lowest BCUT2D eigenvalue weighted by atomic mass is 9.45. The highest BCUT2D eigenvalue weighted by Crippen LogP contribution is 2.68. The maximum Gasteiger partial charge on any atom is 0.350 e. The fourth-order valence-electron chi connectivity index (χ4n) is 13.3. The molecular weight excluding hydrogens is 825 g/mol. The van der Waals surface area contributed by atoms with Gasteiger partial charge in [-0.3, -0.25) is 19.3 Å². The van der Waals surface area contributed by atoms with Crippen LogP contribution in [-0.2, 0) is 33.4 Å². The highest BCUT2D eigenvalue weighted by molar-refractivity contribution is 6.01. The van der Waals surface area contributed by atoms with Crippen LogP contribution >= 0.6 is 0 Å². The van der Waals surface area contributed by atoms with Gasteiger partial charge in [0.2, 0.25) is 5.60 Å². The van der Waals surface area contributed by atoms with E-state index in [0.29, 0.717) is 32.5 Å². The molecule has 3 saturated carbocycles. The van der Waals surface area contributed by atoms with E-state index in [-0.39, 0.29) is 74.0 Å². The standard InChI is InChI=1S/C49H80N2O13/c1-12-37-48(10,61)42(57)31(6)51(26-27(2)24-47(9,60)41(56)29(4)40(55)30(5)43(58)63-37)21-13-19-50-20-16-38(54)64-49(44(59)62-11)18-15-34-33-22-28(3)35-23-32(52)14-17-45(35,7)39(33)36(53)25-46(34,49)8/h14,17,23,27-31,33-34,36-37,39-42,50,53,55-57,60-61H,12-13,15-16,18-22,24-26H2,1-11H3/t27-,28+,29+,30-,31-,33?,34?,36+,37-,39?,40+,41-,42-,45+,46+,47-,48-,49+/m1/s1. The Labute approximate surface area is 380 Å². The Morgan fingerprint density at radius 2 is 1.64 bits per heavy atom. The molecule has 1 aliphatic heterocycles. The fourth-order valence-corrected chi connectivity index (χ4v) is 13.3. The van der Waals surface area contributed by atoms with Crippen LogP contribution in [0.25, 0.3) is 0 Å². The van der Waals surface area contributed by atoms with Gasteiger partial charge in [-0.1, -0.05) is 53.2 Å². The monoisotopic (exact) mass is 905 g/mol. The minimum absolute atomic E-state index is 0.0236. The van der Waals surface area contributed by atoms with Crippen LogP contribution in [-0.4, -0.2) is 146 Å². The molecule has 5 rings (SSSR count). The molecule has 0 radical (unpaired) electrons. The molecule has 364 valence electrons. The van der Waals surface area contributed by atoms with Crippen LogP contribution in [0.5, 0.6) is 0 Å². The summed E-state index contributed by atoms with van der Waals surface area (Å²) < 4.78 is 17.3. The van der Waals surface area contributed by atoms with Crippen LogP contribution in [0.1, 0.15) is 121 Å². The van der Waals surface area contributed by atoms with Gasteiger partial charge in [-0.15, -0.1) is 0 Å². The number of fused-ring (bicyclic) bond motifs is 5. The van der Waals surface area contributed by atoms with Crippen molar-refractivity contribution in [1.29, 1.82) is 0 Å². The van der Waals surface area contributed by atoms with Crippen molar-refractivity contribution in [2.75, 3.05) is 33.3 Å². The summed E-state index contributed by atoms with van der Waals surface area (Å²) in [5.41, 5.74) is -5.43. The molecule has 0 amide bonds. The lowest BCUT2D eigenvalue weighted by Crippen LogP contribution is -2.63. The van der Waals surface area contributed by atoms with Gasteiger partial charge < -0.3 is 50.2 Å². The second-order valence-corrected chi connectivity index (χ2v) is 21.4. The average molecular weight is 905 g/mol. The Kier molecular flexibility index (Phi) is 16.2. The molecule has 1 saturated heterocycles. The quantitative estimate of drug-likeness (QED) is 0.0948. The molecule has 7 N–H and O–H groups in total. The van der Waals surface area contributed by atoms with E-state index in [1.54, 1.807) is 32.9 Å². The third kappa shape index (κ3) is 9.66. The first kappa shape index (κ1) is 52.2. The van der Waals surface area contributed by atoms with E-state index in [0.717, 1.165) is 12.0 Å². The van der Waals surface area contributed by atoms with Gasteiger partial charge in [-0.05, 0) is 122 Å². The molecule has 4 aliphatic carbocycles. The highest BCUT2D eigenvalue weighted by Gasteiger charge is 2.71. The van der Waals surface area contributed by atoms with E-state index >= 15 is 0 Å². The van der Waals surface area contributed by atoms with Crippen LogP contribution in [0.15, 0.2) is 23.8 Å². The number of ether oxygens (including phenoxy) is 3. The Hall–Kier alpha value is -2.76. The van der Waals surface area contributed by atoms with Crippen molar-refractivity contribution in [3.63, 3.8) is 0 Å². The summed E-state index contributed by atoms with van der Waals surface area (Å²) >= 11 is 0. The van der Waals surface area contributed by atoms with Gasteiger partial charge in [0.1, 0.15) is 17.8 Å². The second-order valence-electron chi connectivity index (χ2n) is 21.4. The molecule has 0 aromatic heterocycles. The molecule has 1 heterocycles. The molecule has 0 aromatic rings. The number of hydrogen-bond donors (Lipinski definition) is 7. The Bertz CT molecular complexity index is 1770. The topological polar surface area (TPSA) is 233 Å². The van der Waals surface area contributed by atoms with Gasteiger partial charge >= 0.3 is 17.9 Å². The smallest absolute Gasteiger partial charge is 0.350 e. The van der Waals surface area contributed by atoms with Crippen LogP contribution in [0, 0.1) is 52.3 Å². The van der Waals surface area contributed by atoms with Gasteiger partial charge in [0, 0.05) is 41.8 Å². The third-order valence-electron chi connectivity index (χ3n) is 16.8. The summed E-state index contributed by atoms with van der Waals surface area (Å²) in [6, 6.07) is -0.650. The van der Waals surface area contributed by atoms with Gasteiger partial charge in [-0.2, -0.15) is 0 Å². The maximum atomic E-state index is 13.8. The summed E-state index contributed by atoms with van der Waals surface area (Å²) in [7, 11) is 1.29. The van der Waals surface area contributed by atoms with Crippen LogP contribution < -0.4 is 5.32 Å². The average Bonchev–Trinajstić information content (AvgIpc) is 3.52. The van der Waals surface area contributed by atoms with Gasteiger partial charge in [0.15, 0.2) is 5.78 Å².